The Morgan fingerprint density at radius 1 is 0.348 bits per heavy atom. The van der Waals surface area contributed by atoms with Crippen LogP contribution in [0.15, 0.2) is 0 Å². The van der Waals surface area contributed by atoms with Crippen LogP contribution in [0.1, 0.15) is 143 Å². The van der Waals surface area contributed by atoms with Gasteiger partial charge in [0.15, 0.2) is 0 Å². The molecular weight excluding hydrogens is 276 g/mol. The summed E-state index contributed by atoms with van der Waals surface area (Å²) in [6.45, 7) is 9.40. The highest BCUT2D eigenvalue weighted by molar-refractivity contribution is 4.79. The first-order valence-electron chi connectivity index (χ1n) is 11.2. The molecule has 0 fully saturated rings. The number of rotatable bonds is 18. The van der Waals surface area contributed by atoms with Crippen molar-refractivity contribution < 1.29 is 0 Å². The molecule has 0 nitrogen and oxygen atoms in total. The Morgan fingerprint density at radius 3 is 1.13 bits per heavy atom. The second-order valence-electron chi connectivity index (χ2n) is 8.04. The molecule has 0 aliphatic carbocycles. The summed E-state index contributed by atoms with van der Waals surface area (Å²) in [6, 6.07) is 0. The molecule has 0 heterocycles. The molecule has 0 heteroatoms. The molecule has 0 aromatic heterocycles. The molecule has 0 aromatic rings. The molecule has 0 radical (unpaired) electrons. The topological polar surface area (TPSA) is 0 Å². The molecule has 0 spiro atoms. The Kier molecular flexibility index (Phi) is 16.8. The van der Waals surface area contributed by atoms with Gasteiger partial charge in [0.1, 0.15) is 0 Å². The first-order chi connectivity index (χ1) is 11.2. The molecule has 0 N–H and O–H groups in total. The largest absolute Gasteiger partial charge is 0.0654 e. The van der Waals surface area contributed by atoms with E-state index in [0.29, 0.717) is 5.41 Å². The zero-order valence-corrected chi connectivity index (χ0v) is 17.2. The minimum atomic E-state index is 0.697. The maximum atomic E-state index is 2.40. The van der Waals surface area contributed by atoms with Gasteiger partial charge >= 0.3 is 0 Å². The van der Waals surface area contributed by atoms with Gasteiger partial charge in [-0.2, -0.15) is 0 Å². The van der Waals surface area contributed by atoms with Crippen LogP contribution < -0.4 is 0 Å². The van der Waals surface area contributed by atoms with E-state index >= 15 is 0 Å². The van der Waals surface area contributed by atoms with Crippen LogP contribution in [0.3, 0.4) is 0 Å². The number of hydrogen-bond donors (Lipinski definition) is 0. The Bertz CT molecular complexity index is 208. The van der Waals surface area contributed by atoms with Crippen molar-refractivity contribution in [2.45, 2.75) is 143 Å². The molecule has 23 heavy (non-hydrogen) atoms. The van der Waals surface area contributed by atoms with Gasteiger partial charge in [-0.1, -0.05) is 118 Å². The van der Waals surface area contributed by atoms with E-state index in [4.69, 9.17) is 0 Å². The van der Waals surface area contributed by atoms with Crippen LogP contribution in [0.5, 0.6) is 0 Å². The third kappa shape index (κ3) is 13.0. The highest BCUT2D eigenvalue weighted by atomic mass is 14.3. The minimum absolute atomic E-state index is 0.697. The summed E-state index contributed by atoms with van der Waals surface area (Å²) in [4.78, 5) is 0. The van der Waals surface area contributed by atoms with Gasteiger partial charge in [-0.3, -0.25) is 0 Å². The SMILES string of the molecule is CCCCCCCCCC(CCC)(CCCCC)CCCCC. The first-order valence-corrected chi connectivity index (χ1v) is 11.2. The Morgan fingerprint density at radius 2 is 0.696 bits per heavy atom. The van der Waals surface area contributed by atoms with Gasteiger partial charge in [-0.15, -0.1) is 0 Å². The van der Waals surface area contributed by atoms with E-state index in [2.05, 4.69) is 27.7 Å². The zero-order valence-electron chi connectivity index (χ0n) is 17.2. The van der Waals surface area contributed by atoms with Crippen molar-refractivity contribution in [3.05, 3.63) is 0 Å². The van der Waals surface area contributed by atoms with Crippen LogP contribution in [-0.2, 0) is 0 Å². The predicted molar refractivity (Wildman–Crippen MR) is 108 cm³/mol. The molecule has 0 amide bonds. The van der Waals surface area contributed by atoms with E-state index in [-0.39, 0.29) is 0 Å². The molecule has 0 aliphatic rings. The first kappa shape index (κ1) is 23.0. The van der Waals surface area contributed by atoms with Gasteiger partial charge in [-0.05, 0) is 31.1 Å². The molecule has 0 aromatic carbocycles. The summed E-state index contributed by atoms with van der Waals surface area (Å²) in [5.41, 5.74) is 0.697. The van der Waals surface area contributed by atoms with Crippen LogP contribution in [0.2, 0.25) is 0 Å². The van der Waals surface area contributed by atoms with Crippen molar-refractivity contribution in [2.24, 2.45) is 5.41 Å². The van der Waals surface area contributed by atoms with E-state index in [1.54, 1.807) is 0 Å². The van der Waals surface area contributed by atoms with Gasteiger partial charge in [-0.25, -0.2) is 0 Å². The van der Waals surface area contributed by atoms with Gasteiger partial charge < -0.3 is 0 Å². The molecule has 0 saturated carbocycles. The Balaban J connectivity index is 4.24. The lowest BCUT2D eigenvalue weighted by atomic mass is 9.71. The standard InChI is InChI=1S/C23H48/c1-5-9-12-13-14-15-18-22-23(19-8-4,20-16-10-6-2)21-17-11-7-3/h5-22H2,1-4H3. The average Bonchev–Trinajstić information content (AvgIpc) is 2.55. The fraction of sp³-hybridized carbons (Fsp3) is 1.00. The summed E-state index contributed by atoms with van der Waals surface area (Å²) in [6.07, 6.45) is 26.2. The van der Waals surface area contributed by atoms with Crippen molar-refractivity contribution in [1.29, 1.82) is 0 Å². The average molecular weight is 325 g/mol. The predicted octanol–water partition coefficient (Wildman–Crippen LogP) is 9.07. The van der Waals surface area contributed by atoms with Crippen LogP contribution >= 0.6 is 0 Å². The van der Waals surface area contributed by atoms with Crippen molar-refractivity contribution >= 4 is 0 Å². The van der Waals surface area contributed by atoms with E-state index < -0.39 is 0 Å². The molecule has 0 atom stereocenters. The fourth-order valence-corrected chi connectivity index (χ4v) is 4.24. The molecule has 0 bridgehead atoms. The molecule has 140 valence electrons. The smallest absolute Gasteiger partial charge is 0.0298 e. The summed E-state index contributed by atoms with van der Waals surface area (Å²) in [7, 11) is 0. The number of hydrogen-bond acceptors (Lipinski definition) is 0. The van der Waals surface area contributed by atoms with Crippen LogP contribution in [0, 0.1) is 5.41 Å². The van der Waals surface area contributed by atoms with Gasteiger partial charge in [0.05, 0.1) is 0 Å². The fourth-order valence-electron chi connectivity index (χ4n) is 4.24. The highest BCUT2D eigenvalue weighted by Crippen LogP contribution is 2.41. The third-order valence-corrected chi connectivity index (χ3v) is 5.71. The van der Waals surface area contributed by atoms with Crippen molar-refractivity contribution in [2.75, 3.05) is 0 Å². The molecule has 0 saturated heterocycles. The summed E-state index contributed by atoms with van der Waals surface area (Å²) < 4.78 is 0. The van der Waals surface area contributed by atoms with Gasteiger partial charge in [0, 0.05) is 0 Å². The zero-order chi connectivity index (χ0) is 17.2. The molecule has 0 rings (SSSR count). The van der Waals surface area contributed by atoms with Crippen LogP contribution in [0.4, 0.5) is 0 Å². The maximum Gasteiger partial charge on any atom is -0.0298 e. The molecular formula is C23H48. The van der Waals surface area contributed by atoms with Crippen molar-refractivity contribution in [1.82, 2.24) is 0 Å². The Hall–Kier alpha value is 0. The van der Waals surface area contributed by atoms with E-state index in [1.807, 2.05) is 0 Å². The van der Waals surface area contributed by atoms with Crippen LogP contribution in [-0.4, -0.2) is 0 Å². The Labute approximate surface area is 149 Å². The normalized spacial score (nSPS) is 12.0. The lowest BCUT2D eigenvalue weighted by Crippen LogP contribution is -2.21. The summed E-state index contributed by atoms with van der Waals surface area (Å²) in [5.74, 6) is 0. The quantitative estimate of drug-likeness (QED) is 0.220. The highest BCUT2D eigenvalue weighted by Gasteiger charge is 2.27. The minimum Gasteiger partial charge on any atom is -0.0654 e. The number of unbranched alkanes of at least 4 members (excludes halogenated alkanes) is 10. The monoisotopic (exact) mass is 324 g/mol. The van der Waals surface area contributed by atoms with Crippen molar-refractivity contribution in [3.8, 4) is 0 Å². The summed E-state index contributed by atoms with van der Waals surface area (Å²) in [5, 5.41) is 0. The molecule has 0 unspecified atom stereocenters. The van der Waals surface area contributed by atoms with Gasteiger partial charge in [0.2, 0.25) is 0 Å². The van der Waals surface area contributed by atoms with E-state index in [0.717, 1.165) is 0 Å². The second kappa shape index (κ2) is 16.8. The third-order valence-electron chi connectivity index (χ3n) is 5.71. The lowest BCUT2D eigenvalue weighted by molar-refractivity contribution is 0.177. The molecule has 0 aliphatic heterocycles. The van der Waals surface area contributed by atoms with E-state index in [9.17, 15) is 0 Å². The van der Waals surface area contributed by atoms with Crippen LogP contribution in [0.25, 0.3) is 0 Å². The summed E-state index contributed by atoms with van der Waals surface area (Å²) >= 11 is 0. The maximum absolute atomic E-state index is 2.40. The van der Waals surface area contributed by atoms with Gasteiger partial charge in [0.25, 0.3) is 0 Å². The van der Waals surface area contributed by atoms with Crippen molar-refractivity contribution in [3.63, 3.8) is 0 Å². The van der Waals surface area contributed by atoms with E-state index in [1.165, 1.54) is 116 Å². The second-order valence-corrected chi connectivity index (χ2v) is 8.04. The lowest BCUT2D eigenvalue weighted by Gasteiger charge is -2.34.